The first-order chi connectivity index (χ1) is 12.5. The number of hydrogen-bond acceptors (Lipinski definition) is 5. The molecule has 0 bridgehead atoms. The van der Waals surface area contributed by atoms with E-state index in [9.17, 15) is 19.2 Å². The molecule has 1 fully saturated rings. The third-order valence-corrected chi connectivity index (χ3v) is 4.88. The number of aromatic nitrogens is 2. The lowest BCUT2D eigenvalue weighted by Crippen LogP contribution is -2.59. The maximum Gasteiger partial charge on any atom is 0.326 e. The fourth-order valence-corrected chi connectivity index (χ4v) is 3.46. The number of benzene rings is 1. The topological polar surface area (TPSA) is 127 Å². The van der Waals surface area contributed by atoms with Gasteiger partial charge in [0.15, 0.2) is 0 Å². The van der Waals surface area contributed by atoms with Gasteiger partial charge in [-0.05, 0) is 25.0 Å². The Morgan fingerprint density at radius 3 is 2.38 bits per heavy atom. The number of piperidine rings is 1. The Bertz CT molecular complexity index is 972. The fourth-order valence-electron chi connectivity index (χ4n) is 3.46. The van der Waals surface area contributed by atoms with E-state index in [1.807, 2.05) is 29.2 Å². The summed E-state index contributed by atoms with van der Waals surface area (Å²) >= 11 is 0. The molecule has 134 valence electrons. The number of aromatic amines is 2. The lowest BCUT2D eigenvalue weighted by Gasteiger charge is -2.44. The van der Waals surface area contributed by atoms with Gasteiger partial charge in [-0.3, -0.25) is 19.4 Å². The monoisotopic (exact) mass is 355 g/mol. The molecule has 2 aromatic rings. The zero-order chi connectivity index (χ0) is 18.3. The molecule has 2 aliphatic heterocycles. The van der Waals surface area contributed by atoms with Crippen molar-refractivity contribution in [1.82, 2.24) is 14.9 Å². The van der Waals surface area contributed by atoms with Gasteiger partial charge < -0.3 is 20.5 Å². The third kappa shape index (κ3) is 2.67. The summed E-state index contributed by atoms with van der Waals surface area (Å²) in [6.07, 6.45) is 0.846. The van der Waals surface area contributed by atoms with Crippen LogP contribution in [0.3, 0.4) is 0 Å². The van der Waals surface area contributed by atoms with Crippen LogP contribution in [0, 0.1) is 0 Å². The highest BCUT2D eigenvalue weighted by atomic mass is 16.2. The van der Waals surface area contributed by atoms with E-state index in [0.717, 1.165) is 17.4 Å². The van der Waals surface area contributed by atoms with Gasteiger partial charge in [0.2, 0.25) is 5.91 Å². The molecule has 9 nitrogen and oxygen atoms in total. The van der Waals surface area contributed by atoms with Gasteiger partial charge in [0.25, 0.3) is 11.5 Å². The normalized spacial score (nSPS) is 18.0. The fraction of sp³-hybridized carbons (Fsp3) is 0.294. The van der Waals surface area contributed by atoms with Gasteiger partial charge in [-0.15, -0.1) is 0 Å². The zero-order valence-electron chi connectivity index (χ0n) is 13.8. The van der Waals surface area contributed by atoms with Crippen LogP contribution in [-0.4, -0.2) is 45.3 Å². The molecule has 1 saturated heterocycles. The average molecular weight is 355 g/mol. The van der Waals surface area contributed by atoms with E-state index in [4.69, 9.17) is 0 Å². The van der Waals surface area contributed by atoms with Crippen molar-refractivity contribution < 1.29 is 9.59 Å². The number of rotatable bonds is 1. The van der Waals surface area contributed by atoms with Crippen LogP contribution in [-0.2, 0) is 4.79 Å². The van der Waals surface area contributed by atoms with E-state index in [1.165, 1.54) is 4.90 Å². The number of carbonyl (C=O) groups excluding carboxylic acids is 2. The van der Waals surface area contributed by atoms with Crippen molar-refractivity contribution >= 4 is 23.2 Å². The van der Waals surface area contributed by atoms with Crippen molar-refractivity contribution in [2.75, 3.05) is 23.7 Å². The Balaban J connectivity index is 1.52. The van der Waals surface area contributed by atoms with Crippen molar-refractivity contribution in [3.8, 4) is 0 Å². The molecule has 26 heavy (non-hydrogen) atoms. The maximum atomic E-state index is 12.6. The minimum Gasteiger partial charge on any atom is -0.369 e. The molecule has 0 radical (unpaired) electrons. The molecule has 4 rings (SSSR count). The summed E-state index contributed by atoms with van der Waals surface area (Å²) in [5, 5.41) is 6.23. The van der Waals surface area contributed by atoms with E-state index in [1.54, 1.807) is 0 Å². The number of H-pyrrole nitrogens is 2. The Hall–Kier alpha value is -3.36. The SMILES string of the molecule is O=C(c1cc(=O)[nH]c(=O)[nH]1)N1CCC2(CC1)Nc1ccccc1NC2=O. The van der Waals surface area contributed by atoms with Gasteiger partial charge >= 0.3 is 5.69 Å². The Morgan fingerprint density at radius 1 is 1.00 bits per heavy atom. The molecule has 1 aromatic heterocycles. The summed E-state index contributed by atoms with van der Waals surface area (Å²) in [5.74, 6) is -0.549. The lowest BCUT2D eigenvalue weighted by atomic mass is 9.84. The second-order valence-electron chi connectivity index (χ2n) is 6.50. The number of para-hydroxylation sites is 2. The summed E-state index contributed by atoms with van der Waals surface area (Å²) in [7, 11) is 0. The number of hydrogen-bond donors (Lipinski definition) is 4. The highest BCUT2D eigenvalue weighted by Crippen LogP contribution is 2.36. The molecule has 0 saturated carbocycles. The van der Waals surface area contributed by atoms with Crippen LogP contribution in [0.1, 0.15) is 23.3 Å². The number of likely N-dealkylation sites (tertiary alicyclic amines) is 1. The molecule has 0 aliphatic carbocycles. The van der Waals surface area contributed by atoms with Crippen molar-refractivity contribution in [3.63, 3.8) is 0 Å². The number of nitrogens with one attached hydrogen (secondary N) is 4. The van der Waals surface area contributed by atoms with E-state index < -0.39 is 22.7 Å². The van der Waals surface area contributed by atoms with Gasteiger partial charge in [-0.2, -0.15) is 0 Å². The van der Waals surface area contributed by atoms with Crippen molar-refractivity contribution in [2.45, 2.75) is 18.4 Å². The van der Waals surface area contributed by atoms with Crippen LogP contribution in [0.15, 0.2) is 39.9 Å². The Morgan fingerprint density at radius 2 is 1.69 bits per heavy atom. The molecule has 1 aromatic carbocycles. The highest BCUT2D eigenvalue weighted by Gasteiger charge is 2.45. The Kier molecular flexibility index (Phi) is 3.64. The van der Waals surface area contributed by atoms with Gasteiger partial charge in [0, 0.05) is 19.2 Å². The number of anilines is 2. The van der Waals surface area contributed by atoms with Gasteiger partial charge in [0.1, 0.15) is 11.2 Å². The van der Waals surface area contributed by atoms with Crippen molar-refractivity contribution in [3.05, 3.63) is 56.9 Å². The van der Waals surface area contributed by atoms with Crippen LogP contribution in [0.5, 0.6) is 0 Å². The summed E-state index contributed by atoms with van der Waals surface area (Å²) < 4.78 is 0. The first-order valence-electron chi connectivity index (χ1n) is 8.28. The van der Waals surface area contributed by atoms with E-state index >= 15 is 0 Å². The minimum atomic E-state index is -0.771. The molecule has 2 aliphatic rings. The molecule has 1 spiro atoms. The number of fused-ring (bicyclic) bond motifs is 1. The molecule has 9 heteroatoms. The summed E-state index contributed by atoms with van der Waals surface area (Å²) in [4.78, 5) is 53.8. The van der Waals surface area contributed by atoms with Crippen LogP contribution in [0.2, 0.25) is 0 Å². The highest BCUT2D eigenvalue weighted by molar-refractivity contribution is 6.06. The number of amides is 2. The quantitative estimate of drug-likeness (QED) is 0.577. The first kappa shape index (κ1) is 16.1. The molecule has 0 unspecified atom stereocenters. The summed E-state index contributed by atoms with van der Waals surface area (Å²) in [6, 6.07) is 8.53. The molecule has 3 heterocycles. The lowest BCUT2D eigenvalue weighted by molar-refractivity contribution is -0.122. The largest absolute Gasteiger partial charge is 0.369 e. The van der Waals surface area contributed by atoms with Crippen LogP contribution in [0.4, 0.5) is 11.4 Å². The molecular formula is C17H17N5O4. The minimum absolute atomic E-state index is 0.0545. The Labute approximate surface area is 147 Å². The van der Waals surface area contributed by atoms with E-state index in [2.05, 4.69) is 15.6 Å². The molecular weight excluding hydrogens is 338 g/mol. The first-order valence-corrected chi connectivity index (χ1v) is 8.28. The number of nitrogens with zero attached hydrogens (tertiary/aromatic N) is 1. The third-order valence-electron chi connectivity index (χ3n) is 4.88. The summed E-state index contributed by atoms with van der Waals surface area (Å²) in [6.45, 7) is 0.659. The smallest absolute Gasteiger partial charge is 0.326 e. The van der Waals surface area contributed by atoms with Gasteiger partial charge in [-0.1, -0.05) is 12.1 Å². The molecule has 4 N–H and O–H groups in total. The zero-order valence-corrected chi connectivity index (χ0v) is 13.8. The van der Waals surface area contributed by atoms with E-state index in [0.29, 0.717) is 25.9 Å². The second kappa shape index (κ2) is 5.87. The van der Waals surface area contributed by atoms with Crippen molar-refractivity contribution in [1.29, 1.82) is 0 Å². The number of carbonyl (C=O) groups is 2. The van der Waals surface area contributed by atoms with Gasteiger partial charge in [-0.25, -0.2) is 4.79 Å². The predicted octanol–water partition coefficient (Wildman–Crippen LogP) is 0.102. The van der Waals surface area contributed by atoms with Gasteiger partial charge in [0.05, 0.1) is 11.4 Å². The summed E-state index contributed by atoms with van der Waals surface area (Å²) in [5.41, 5.74) is -0.587. The molecule has 2 amide bonds. The van der Waals surface area contributed by atoms with Crippen LogP contribution in [0.25, 0.3) is 0 Å². The standard InChI is InChI=1S/C17H17N5O4/c23-13-9-12(19-16(26)20-13)14(24)22-7-5-17(6-8-22)15(25)18-10-3-1-2-4-11(10)21-17/h1-4,9,21H,5-8H2,(H,18,25)(H2,19,20,23,26). The predicted molar refractivity (Wildman–Crippen MR) is 94.2 cm³/mol. The average Bonchev–Trinajstić information content (AvgIpc) is 2.62. The van der Waals surface area contributed by atoms with E-state index in [-0.39, 0.29) is 11.6 Å². The maximum absolute atomic E-state index is 12.6. The van der Waals surface area contributed by atoms with Crippen LogP contribution >= 0.6 is 0 Å². The van der Waals surface area contributed by atoms with Crippen molar-refractivity contribution in [2.24, 2.45) is 0 Å². The second-order valence-corrected chi connectivity index (χ2v) is 6.50. The van der Waals surface area contributed by atoms with Crippen LogP contribution < -0.4 is 21.9 Å². The molecule has 0 atom stereocenters.